The number of carbonyl (C=O) groups excluding carboxylic acids is 1. The van der Waals surface area contributed by atoms with Crippen LogP contribution < -0.4 is 24.7 Å². The summed E-state index contributed by atoms with van der Waals surface area (Å²) in [6.45, 7) is 2.65. The molecule has 0 aromatic heterocycles. The number of methoxy groups -OCH3 is 1. The van der Waals surface area contributed by atoms with Crippen LogP contribution in [0.5, 0.6) is 17.2 Å². The Balaban J connectivity index is 1.28. The molecule has 1 heterocycles. The van der Waals surface area contributed by atoms with Gasteiger partial charge in [0.25, 0.3) is 5.91 Å². The maximum Gasteiger partial charge on any atom is 0.266 e. The predicted molar refractivity (Wildman–Crippen MR) is 149 cm³/mol. The van der Waals surface area contributed by atoms with E-state index in [0.29, 0.717) is 5.75 Å². The van der Waals surface area contributed by atoms with Gasteiger partial charge in [0.2, 0.25) is 0 Å². The highest BCUT2D eigenvalue weighted by molar-refractivity contribution is 5.77. The van der Waals surface area contributed by atoms with Crippen molar-refractivity contribution >= 4 is 11.6 Å². The summed E-state index contributed by atoms with van der Waals surface area (Å²) in [5.74, 6) is 2.05. The zero-order valence-electron chi connectivity index (χ0n) is 22.1. The number of rotatable bonds is 10. The molecule has 1 atom stereocenters. The van der Waals surface area contributed by atoms with E-state index in [2.05, 4.69) is 51.7 Å². The summed E-state index contributed by atoms with van der Waals surface area (Å²) in [7, 11) is 1.69. The number of piperazine rings is 1. The van der Waals surface area contributed by atoms with Crippen molar-refractivity contribution in [3.63, 3.8) is 0 Å². The average Bonchev–Trinajstić information content (AvgIpc) is 3.47. The van der Waals surface area contributed by atoms with E-state index in [1.807, 2.05) is 42.5 Å². The second-order valence-electron chi connectivity index (χ2n) is 10.1. The van der Waals surface area contributed by atoms with Crippen LogP contribution in [-0.4, -0.2) is 56.2 Å². The van der Waals surface area contributed by atoms with Crippen molar-refractivity contribution in [1.29, 1.82) is 0 Å². The van der Waals surface area contributed by atoms with E-state index in [1.165, 1.54) is 18.4 Å². The van der Waals surface area contributed by atoms with Crippen molar-refractivity contribution in [2.24, 2.45) is 0 Å². The number of hydrogen-bond donors (Lipinski definition) is 1. The van der Waals surface area contributed by atoms with Crippen molar-refractivity contribution in [2.75, 3.05) is 38.2 Å². The molecule has 200 valence electrons. The number of hydrogen-bond acceptors (Lipinski definition) is 6. The first-order valence-corrected chi connectivity index (χ1v) is 13.6. The van der Waals surface area contributed by atoms with E-state index in [-0.39, 0.29) is 24.6 Å². The first-order valence-electron chi connectivity index (χ1n) is 13.6. The summed E-state index contributed by atoms with van der Waals surface area (Å²) in [5.41, 5.74) is 4.98. The van der Waals surface area contributed by atoms with Gasteiger partial charge in [-0.2, -0.15) is 5.48 Å². The Labute approximate surface area is 225 Å². The van der Waals surface area contributed by atoms with Gasteiger partial charge in [-0.15, -0.1) is 0 Å². The molecule has 7 nitrogen and oxygen atoms in total. The third-order valence-corrected chi connectivity index (χ3v) is 7.40. The normalized spacial score (nSPS) is 18.2. The van der Waals surface area contributed by atoms with Crippen LogP contribution in [0, 0.1) is 0 Å². The van der Waals surface area contributed by atoms with Crippen molar-refractivity contribution in [1.82, 2.24) is 10.4 Å². The van der Waals surface area contributed by atoms with E-state index < -0.39 is 0 Å². The summed E-state index contributed by atoms with van der Waals surface area (Å²) >= 11 is 0. The topological polar surface area (TPSA) is 63.3 Å². The van der Waals surface area contributed by atoms with Gasteiger partial charge in [0.15, 0.2) is 17.2 Å². The molecule has 1 unspecified atom stereocenters. The lowest BCUT2D eigenvalue weighted by atomic mass is 10.0. The first kappa shape index (κ1) is 25.9. The fourth-order valence-corrected chi connectivity index (χ4v) is 5.38. The van der Waals surface area contributed by atoms with Crippen molar-refractivity contribution < 1.29 is 19.1 Å². The summed E-state index contributed by atoms with van der Waals surface area (Å²) < 4.78 is 12.0. The number of carbonyl (C=O) groups is 1. The third-order valence-electron chi connectivity index (χ3n) is 7.40. The van der Waals surface area contributed by atoms with E-state index in [4.69, 9.17) is 14.3 Å². The maximum absolute atomic E-state index is 12.8. The van der Waals surface area contributed by atoms with Crippen molar-refractivity contribution in [3.8, 4) is 17.2 Å². The van der Waals surface area contributed by atoms with Crippen LogP contribution in [0.15, 0.2) is 78.9 Å². The Hall–Kier alpha value is -3.71. The SMILES string of the molecule is COc1ccc(N2CCN(CC(=O)NOc3ccccc3)C(Cc3ccccc3)C2)cc1OC1CCCC1. The van der Waals surface area contributed by atoms with Crippen LogP contribution >= 0.6 is 0 Å². The summed E-state index contributed by atoms with van der Waals surface area (Å²) in [6, 6.07) is 26.2. The molecule has 7 heteroatoms. The number of hydroxylamine groups is 1. The molecule has 1 aliphatic heterocycles. The standard InChI is InChI=1S/C31H37N3O4/c1-36-29-17-16-25(21-30(29)37-27-12-8-9-13-27)33-18-19-34(26(22-33)20-24-10-4-2-5-11-24)23-31(35)32-38-28-14-6-3-7-15-28/h2-7,10-11,14-17,21,26-27H,8-9,12-13,18-20,22-23H2,1H3,(H,32,35). The molecule has 0 spiro atoms. The number of amides is 1. The van der Waals surface area contributed by atoms with Gasteiger partial charge in [0.05, 0.1) is 19.8 Å². The molecular weight excluding hydrogens is 478 g/mol. The van der Waals surface area contributed by atoms with Crippen LogP contribution in [0.25, 0.3) is 0 Å². The highest BCUT2D eigenvalue weighted by Gasteiger charge is 2.30. The minimum absolute atomic E-state index is 0.155. The fourth-order valence-electron chi connectivity index (χ4n) is 5.38. The maximum atomic E-state index is 12.8. The Kier molecular flexibility index (Phi) is 8.66. The molecular formula is C31H37N3O4. The van der Waals surface area contributed by atoms with Crippen LogP contribution in [0.3, 0.4) is 0 Å². The van der Waals surface area contributed by atoms with Gasteiger partial charge in [0.1, 0.15) is 0 Å². The van der Waals surface area contributed by atoms with Gasteiger partial charge in [-0.3, -0.25) is 9.69 Å². The predicted octanol–water partition coefficient (Wildman–Crippen LogP) is 4.86. The van der Waals surface area contributed by atoms with Gasteiger partial charge >= 0.3 is 0 Å². The highest BCUT2D eigenvalue weighted by atomic mass is 16.7. The lowest BCUT2D eigenvalue weighted by molar-refractivity contribution is -0.129. The van der Waals surface area contributed by atoms with Crippen molar-refractivity contribution in [2.45, 2.75) is 44.2 Å². The number of anilines is 1. The monoisotopic (exact) mass is 515 g/mol. The van der Waals surface area contributed by atoms with Gasteiger partial charge in [-0.1, -0.05) is 48.5 Å². The largest absolute Gasteiger partial charge is 0.493 e. The molecule has 3 aromatic rings. The summed E-state index contributed by atoms with van der Waals surface area (Å²) in [4.78, 5) is 22.9. The fraction of sp³-hybridized carbons (Fsp3) is 0.387. The van der Waals surface area contributed by atoms with Crippen LogP contribution in [0.1, 0.15) is 31.2 Å². The van der Waals surface area contributed by atoms with E-state index in [9.17, 15) is 4.79 Å². The lowest BCUT2D eigenvalue weighted by Crippen LogP contribution is -2.56. The summed E-state index contributed by atoms with van der Waals surface area (Å²) in [6.07, 6.45) is 5.76. The molecule has 1 saturated heterocycles. The van der Waals surface area contributed by atoms with Gasteiger partial charge in [0, 0.05) is 37.4 Å². The minimum Gasteiger partial charge on any atom is -0.493 e. The minimum atomic E-state index is -0.155. The number of nitrogens with one attached hydrogen (secondary N) is 1. The molecule has 2 fully saturated rings. The van der Waals surface area contributed by atoms with Gasteiger partial charge in [-0.05, 0) is 61.9 Å². The Morgan fingerprint density at radius 3 is 2.39 bits per heavy atom. The van der Waals surface area contributed by atoms with E-state index >= 15 is 0 Å². The van der Waals surface area contributed by atoms with E-state index in [0.717, 1.165) is 56.1 Å². The van der Waals surface area contributed by atoms with Gasteiger partial charge < -0.3 is 19.2 Å². The molecule has 0 bridgehead atoms. The van der Waals surface area contributed by atoms with Crippen LogP contribution in [0.4, 0.5) is 5.69 Å². The second kappa shape index (κ2) is 12.7. The lowest BCUT2D eigenvalue weighted by Gasteiger charge is -2.42. The number of nitrogens with zero attached hydrogens (tertiary/aromatic N) is 2. The Bertz CT molecular complexity index is 1170. The average molecular weight is 516 g/mol. The second-order valence-corrected chi connectivity index (χ2v) is 10.1. The first-order chi connectivity index (χ1) is 18.7. The number of benzene rings is 3. The molecule has 1 saturated carbocycles. The molecule has 5 rings (SSSR count). The van der Waals surface area contributed by atoms with Gasteiger partial charge in [-0.25, -0.2) is 0 Å². The smallest absolute Gasteiger partial charge is 0.266 e. The quantitative estimate of drug-likeness (QED) is 0.389. The molecule has 1 amide bonds. The molecule has 2 aliphatic rings. The number of para-hydroxylation sites is 1. The molecule has 1 aliphatic carbocycles. The van der Waals surface area contributed by atoms with Crippen LogP contribution in [-0.2, 0) is 11.2 Å². The molecule has 0 radical (unpaired) electrons. The Morgan fingerprint density at radius 2 is 1.66 bits per heavy atom. The molecule has 38 heavy (non-hydrogen) atoms. The zero-order chi connectivity index (χ0) is 26.2. The summed E-state index contributed by atoms with van der Waals surface area (Å²) in [5, 5.41) is 0. The molecule has 3 aromatic carbocycles. The van der Waals surface area contributed by atoms with Crippen LogP contribution in [0.2, 0.25) is 0 Å². The Morgan fingerprint density at radius 1 is 0.921 bits per heavy atom. The highest BCUT2D eigenvalue weighted by Crippen LogP contribution is 2.35. The zero-order valence-corrected chi connectivity index (χ0v) is 22.1. The molecule has 1 N–H and O–H groups in total. The van der Waals surface area contributed by atoms with E-state index in [1.54, 1.807) is 7.11 Å². The van der Waals surface area contributed by atoms with Crippen molar-refractivity contribution in [3.05, 3.63) is 84.4 Å². The number of ether oxygens (including phenoxy) is 2. The third kappa shape index (κ3) is 6.78.